The molecule has 7 nitrogen and oxygen atoms in total. The van der Waals surface area contributed by atoms with Gasteiger partial charge in [0.1, 0.15) is 12.3 Å². The van der Waals surface area contributed by atoms with Crippen LogP contribution in [0.3, 0.4) is 0 Å². The van der Waals surface area contributed by atoms with E-state index in [4.69, 9.17) is 4.74 Å². The molecule has 0 spiro atoms. The van der Waals surface area contributed by atoms with Gasteiger partial charge in [0.25, 0.3) is 0 Å². The highest BCUT2D eigenvalue weighted by molar-refractivity contribution is 5.84. The van der Waals surface area contributed by atoms with E-state index in [-0.39, 0.29) is 19.0 Å². The van der Waals surface area contributed by atoms with Crippen molar-refractivity contribution < 1.29 is 19.4 Å². The molecular formula is C22H27N3O4. The molecule has 0 unspecified atom stereocenters. The van der Waals surface area contributed by atoms with Gasteiger partial charge < -0.3 is 24.5 Å². The summed E-state index contributed by atoms with van der Waals surface area (Å²) in [5.74, 6) is -0.356. The van der Waals surface area contributed by atoms with Crippen LogP contribution < -0.4 is 14.5 Å². The maximum absolute atomic E-state index is 12.8. The first kappa shape index (κ1) is 20.5. The molecule has 0 radical (unpaired) electrons. The van der Waals surface area contributed by atoms with Gasteiger partial charge in [0.15, 0.2) is 0 Å². The van der Waals surface area contributed by atoms with Gasteiger partial charge in [-0.1, -0.05) is 17.7 Å². The molecule has 2 aromatic rings. The summed E-state index contributed by atoms with van der Waals surface area (Å²) < 4.78 is 5.14. The molecule has 1 saturated heterocycles. The lowest BCUT2D eigenvalue weighted by molar-refractivity contribution is -0.135. The Morgan fingerprint density at radius 3 is 2.14 bits per heavy atom. The fourth-order valence-electron chi connectivity index (χ4n) is 3.43. The van der Waals surface area contributed by atoms with Gasteiger partial charge in [-0.15, -0.1) is 0 Å². The number of aryl methyl sites for hydroxylation is 1. The molecule has 7 heteroatoms. The smallest absolute Gasteiger partial charge is 0.323 e. The summed E-state index contributed by atoms with van der Waals surface area (Å²) in [5.41, 5.74) is 3.06. The number of benzene rings is 2. The normalized spacial score (nSPS) is 13.9. The Balaban J connectivity index is 1.60. The summed E-state index contributed by atoms with van der Waals surface area (Å²) in [6.07, 6.45) is 0. The van der Waals surface area contributed by atoms with Crippen molar-refractivity contribution in [3.8, 4) is 5.75 Å². The zero-order chi connectivity index (χ0) is 20.8. The molecular weight excluding hydrogens is 370 g/mol. The van der Waals surface area contributed by atoms with E-state index in [1.54, 1.807) is 36.3 Å². The minimum absolute atomic E-state index is 0.0309. The van der Waals surface area contributed by atoms with E-state index in [9.17, 15) is 14.7 Å². The Morgan fingerprint density at radius 1 is 0.966 bits per heavy atom. The highest BCUT2D eigenvalue weighted by Gasteiger charge is 2.24. The van der Waals surface area contributed by atoms with E-state index in [1.165, 1.54) is 5.56 Å². The maximum Gasteiger partial charge on any atom is 0.323 e. The number of carboxylic acids is 1. The van der Waals surface area contributed by atoms with Crippen molar-refractivity contribution >= 4 is 23.3 Å². The number of ether oxygens (including phenoxy) is 1. The summed E-state index contributed by atoms with van der Waals surface area (Å²) in [5, 5.41) is 9.25. The lowest BCUT2D eigenvalue weighted by Gasteiger charge is -2.37. The van der Waals surface area contributed by atoms with Crippen LogP contribution in [0.2, 0.25) is 0 Å². The molecule has 1 fully saturated rings. The topological polar surface area (TPSA) is 73.3 Å². The van der Waals surface area contributed by atoms with E-state index in [0.717, 1.165) is 18.8 Å². The molecule has 3 rings (SSSR count). The standard InChI is InChI=1S/C22H27N3O4/c1-17-3-5-18(6-4-17)23-11-13-24(14-12-23)21(26)15-25(16-22(27)28)19-7-9-20(29-2)10-8-19/h3-10H,11-16H2,1-2H3,(H,27,28). The number of anilines is 2. The molecule has 0 atom stereocenters. The summed E-state index contributed by atoms with van der Waals surface area (Å²) in [6.45, 7) is 4.62. The molecule has 1 N–H and O–H groups in total. The molecule has 2 aromatic carbocycles. The number of hydrogen-bond acceptors (Lipinski definition) is 5. The number of amides is 1. The number of nitrogens with zero attached hydrogens (tertiary/aromatic N) is 3. The van der Waals surface area contributed by atoms with Gasteiger partial charge in [-0.3, -0.25) is 9.59 Å². The second kappa shape index (κ2) is 9.32. The fourth-order valence-corrected chi connectivity index (χ4v) is 3.43. The predicted octanol–water partition coefficient (Wildman–Crippen LogP) is 2.24. The van der Waals surface area contributed by atoms with Gasteiger partial charge in [-0.2, -0.15) is 0 Å². The summed E-state index contributed by atoms with van der Waals surface area (Å²) in [4.78, 5) is 29.8. The molecule has 1 heterocycles. The quantitative estimate of drug-likeness (QED) is 0.773. The van der Waals surface area contributed by atoms with Crippen LogP contribution in [0.15, 0.2) is 48.5 Å². The molecule has 0 aromatic heterocycles. The predicted molar refractivity (Wildman–Crippen MR) is 113 cm³/mol. The molecule has 29 heavy (non-hydrogen) atoms. The number of rotatable bonds is 7. The number of aliphatic carboxylic acids is 1. The summed E-state index contributed by atoms with van der Waals surface area (Å²) in [7, 11) is 1.57. The lowest BCUT2D eigenvalue weighted by Crippen LogP contribution is -2.51. The molecule has 0 bridgehead atoms. The number of piperazine rings is 1. The minimum Gasteiger partial charge on any atom is -0.497 e. The number of carbonyl (C=O) groups is 2. The van der Waals surface area contributed by atoms with Gasteiger partial charge in [0.05, 0.1) is 13.7 Å². The highest BCUT2D eigenvalue weighted by Crippen LogP contribution is 2.20. The number of carboxylic acid groups (broad SMARTS) is 1. The Labute approximate surface area is 171 Å². The third kappa shape index (κ3) is 5.40. The first-order valence-electron chi connectivity index (χ1n) is 9.66. The van der Waals surface area contributed by atoms with Crippen molar-refractivity contribution in [2.75, 3.05) is 56.2 Å². The zero-order valence-electron chi connectivity index (χ0n) is 16.9. The van der Waals surface area contributed by atoms with Crippen LogP contribution in [0, 0.1) is 6.92 Å². The van der Waals surface area contributed by atoms with Crippen molar-refractivity contribution in [1.29, 1.82) is 0 Å². The third-order valence-electron chi connectivity index (χ3n) is 5.12. The van der Waals surface area contributed by atoms with Crippen LogP contribution in [0.1, 0.15) is 5.56 Å². The third-order valence-corrected chi connectivity index (χ3v) is 5.12. The van der Waals surface area contributed by atoms with E-state index in [2.05, 4.69) is 36.1 Å². The Kier molecular flexibility index (Phi) is 6.59. The van der Waals surface area contributed by atoms with E-state index in [0.29, 0.717) is 24.5 Å². The van der Waals surface area contributed by atoms with Gasteiger partial charge >= 0.3 is 5.97 Å². The van der Waals surface area contributed by atoms with Gasteiger partial charge in [-0.05, 0) is 43.3 Å². The van der Waals surface area contributed by atoms with E-state index in [1.807, 2.05) is 4.90 Å². The van der Waals surface area contributed by atoms with Gasteiger partial charge in [0.2, 0.25) is 5.91 Å². The molecule has 1 aliphatic heterocycles. The average Bonchev–Trinajstić information content (AvgIpc) is 2.73. The van der Waals surface area contributed by atoms with Gasteiger partial charge in [0, 0.05) is 37.6 Å². The van der Waals surface area contributed by atoms with Crippen LogP contribution in [0.4, 0.5) is 11.4 Å². The summed E-state index contributed by atoms with van der Waals surface area (Å²) in [6, 6.07) is 15.4. The minimum atomic E-state index is -0.974. The van der Waals surface area contributed by atoms with Crippen LogP contribution in [-0.2, 0) is 9.59 Å². The van der Waals surface area contributed by atoms with Gasteiger partial charge in [-0.25, -0.2) is 0 Å². The Bertz CT molecular complexity index is 828. The Morgan fingerprint density at radius 2 is 1.59 bits per heavy atom. The SMILES string of the molecule is COc1ccc(N(CC(=O)O)CC(=O)N2CCN(c3ccc(C)cc3)CC2)cc1. The van der Waals surface area contributed by atoms with E-state index < -0.39 is 5.97 Å². The van der Waals surface area contributed by atoms with Crippen LogP contribution in [0.25, 0.3) is 0 Å². The second-order valence-electron chi connectivity index (χ2n) is 7.15. The first-order valence-corrected chi connectivity index (χ1v) is 9.66. The van der Waals surface area contributed by atoms with Crippen molar-refractivity contribution in [2.24, 2.45) is 0 Å². The fraction of sp³-hybridized carbons (Fsp3) is 0.364. The van der Waals surface area contributed by atoms with Crippen molar-refractivity contribution in [1.82, 2.24) is 4.90 Å². The number of hydrogen-bond donors (Lipinski definition) is 1. The maximum atomic E-state index is 12.8. The van der Waals surface area contributed by atoms with Crippen LogP contribution in [0.5, 0.6) is 5.75 Å². The van der Waals surface area contributed by atoms with Crippen LogP contribution in [-0.4, -0.2) is 68.3 Å². The largest absolute Gasteiger partial charge is 0.497 e. The summed E-state index contributed by atoms with van der Waals surface area (Å²) >= 11 is 0. The molecule has 154 valence electrons. The zero-order valence-corrected chi connectivity index (χ0v) is 16.9. The molecule has 1 amide bonds. The lowest BCUT2D eigenvalue weighted by atomic mass is 10.2. The first-order chi connectivity index (χ1) is 14.0. The second-order valence-corrected chi connectivity index (χ2v) is 7.15. The monoisotopic (exact) mass is 397 g/mol. The highest BCUT2D eigenvalue weighted by atomic mass is 16.5. The molecule has 0 saturated carbocycles. The number of carbonyl (C=O) groups excluding carboxylic acids is 1. The molecule has 0 aliphatic carbocycles. The Hall–Kier alpha value is -3.22. The van der Waals surface area contributed by atoms with Crippen molar-refractivity contribution in [2.45, 2.75) is 6.92 Å². The van der Waals surface area contributed by atoms with Crippen molar-refractivity contribution in [3.05, 3.63) is 54.1 Å². The number of methoxy groups -OCH3 is 1. The average molecular weight is 397 g/mol. The van der Waals surface area contributed by atoms with Crippen molar-refractivity contribution in [3.63, 3.8) is 0 Å². The molecule has 1 aliphatic rings. The van der Waals surface area contributed by atoms with Crippen LogP contribution >= 0.6 is 0 Å². The van der Waals surface area contributed by atoms with E-state index >= 15 is 0 Å².